The Bertz CT molecular complexity index is 436. The van der Waals surface area contributed by atoms with Crippen LogP contribution in [0.25, 0.3) is 10.9 Å². The number of aliphatic hydroxyl groups excluding tert-OH is 2. The summed E-state index contributed by atoms with van der Waals surface area (Å²) in [7, 11) is 0. The summed E-state index contributed by atoms with van der Waals surface area (Å²) in [4.78, 5) is 3.12. The van der Waals surface area contributed by atoms with Gasteiger partial charge in [-0.05, 0) is 18.9 Å². The lowest BCUT2D eigenvalue weighted by Crippen LogP contribution is -1.97. The molecule has 3 heteroatoms. The molecule has 1 aromatic carbocycles. The van der Waals surface area contributed by atoms with E-state index in [2.05, 4.69) is 4.98 Å². The zero-order chi connectivity index (χ0) is 10.7. The molecule has 0 fully saturated rings. The molecule has 1 aromatic heterocycles. The van der Waals surface area contributed by atoms with Crippen LogP contribution in [0.4, 0.5) is 0 Å². The van der Waals surface area contributed by atoms with Gasteiger partial charge in [-0.2, -0.15) is 0 Å². The number of nitrogens with one attached hydrogen (secondary N) is 1. The number of hydrogen-bond donors (Lipinski definition) is 3. The summed E-state index contributed by atoms with van der Waals surface area (Å²) < 4.78 is 0. The molecule has 2 rings (SSSR count). The lowest BCUT2D eigenvalue weighted by molar-refractivity contribution is 0.153. The Morgan fingerprint density at radius 1 is 1.27 bits per heavy atom. The third kappa shape index (κ3) is 2.03. The standard InChI is InChI=1S/C12H15NO2/c14-7-3-6-12(15)10-8-13-11-5-2-1-4-9(10)11/h1-2,4-5,8,12-15H,3,6-7H2. The van der Waals surface area contributed by atoms with E-state index < -0.39 is 6.10 Å². The van der Waals surface area contributed by atoms with E-state index in [1.54, 1.807) is 0 Å². The second-order valence-corrected chi connectivity index (χ2v) is 3.67. The molecule has 2 aromatic rings. The van der Waals surface area contributed by atoms with E-state index in [1.807, 2.05) is 30.5 Å². The number of hydrogen-bond acceptors (Lipinski definition) is 2. The number of aromatic amines is 1. The van der Waals surface area contributed by atoms with Gasteiger partial charge < -0.3 is 15.2 Å². The van der Waals surface area contributed by atoms with E-state index in [9.17, 15) is 5.11 Å². The normalized spacial score (nSPS) is 13.2. The predicted octanol–water partition coefficient (Wildman–Crippen LogP) is 1.97. The van der Waals surface area contributed by atoms with E-state index >= 15 is 0 Å². The van der Waals surface area contributed by atoms with Gasteiger partial charge in [0, 0.05) is 29.3 Å². The summed E-state index contributed by atoms with van der Waals surface area (Å²) in [5.74, 6) is 0. The molecule has 0 bridgehead atoms. The van der Waals surface area contributed by atoms with E-state index in [0.717, 1.165) is 16.5 Å². The van der Waals surface area contributed by atoms with Crippen molar-refractivity contribution in [3.8, 4) is 0 Å². The van der Waals surface area contributed by atoms with E-state index in [0.29, 0.717) is 12.8 Å². The minimum absolute atomic E-state index is 0.124. The van der Waals surface area contributed by atoms with Crippen LogP contribution in [0.2, 0.25) is 0 Å². The van der Waals surface area contributed by atoms with Crippen LogP contribution in [0, 0.1) is 0 Å². The minimum Gasteiger partial charge on any atom is -0.396 e. The number of rotatable bonds is 4. The predicted molar refractivity (Wildman–Crippen MR) is 59.6 cm³/mol. The molecule has 0 saturated carbocycles. The smallest absolute Gasteiger partial charge is 0.0811 e. The monoisotopic (exact) mass is 205 g/mol. The average Bonchev–Trinajstić information content (AvgIpc) is 2.69. The highest BCUT2D eigenvalue weighted by atomic mass is 16.3. The molecule has 3 nitrogen and oxygen atoms in total. The number of aromatic nitrogens is 1. The van der Waals surface area contributed by atoms with Crippen molar-refractivity contribution < 1.29 is 10.2 Å². The maximum Gasteiger partial charge on any atom is 0.0811 e. The van der Waals surface area contributed by atoms with Gasteiger partial charge in [0.05, 0.1) is 6.10 Å². The van der Waals surface area contributed by atoms with E-state index in [1.165, 1.54) is 0 Å². The summed E-state index contributed by atoms with van der Waals surface area (Å²) in [6, 6.07) is 7.89. The number of H-pyrrole nitrogens is 1. The Labute approximate surface area is 88.4 Å². The summed E-state index contributed by atoms with van der Waals surface area (Å²) in [5.41, 5.74) is 1.95. The lowest BCUT2D eigenvalue weighted by atomic mass is 10.0. The zero-order valence-electron chi connectivity index (χ0n) is 8.48. The van der Waals surface area contributed by atoms with Gasteiger partial charge in [0.15, 0.2) is 0 Å². The fourth-order valence-corrected chi connectivity index (χ4v) is 1.81. The van der Waals surface area contributed by atoms with Gasteiger partial charge in [0.2, 0.25) is 0 Å². The van der Waals surface area contributed by atoms with Gasteiger partial charge in [-0.25, -0.2) is 0 Å². The highest BCUT2D eigenvalue weighted by Crippen LogP contribution is 2.26. The van der Waals surface area contributed by atoms with Gasteiger partial charge in [-0.1, -0.05) is 18.2 Å². The first-order valence-corrected chi connectivity index (χ1v) is 5.18. The zero-order valence-corrected chi connectivity index (χ0v) is 8.48. The maximum absolute atomic E-state index is 9.91. The molecule has 0 aliphatic rings. The van der Waals surface area contributed by atoms with Crippen LogP contribution in [0.15, 0.2) is 30.5 Å². The maximum atomic E-state index is 9.91. The number of fused-ring (bicyclic) bond motifs is 1. The largest absolute Gasteiger partial charge is 0.396 e. The van der Waals surface area contributed by atoms with E-state index in [4.69, 9.17) is 5.11 Å². The van der Waals surface area contributed by atoms with Gasteiger partial charge in [0.1, 0.15) is 0 Å². The van der Waals surface area contributed by atoms with Crippen LogP contribution in [-0.4, -0.2) is 21.8 Å². The molecule has 0 saturated heterocycles. The van der Waals surface area contributed by atoms with E-state index in [-0.39, 0.29) is 6.61 Å². The van der Waals surface area contributed by atoms with Gasteiger partial charge in [0.25, 0.3) is 0 Å². The number of aliphatic hydroxyl groups is 2. The van der Waals surface area contributed by atoms with Crippen LogP contribution in [-0.2, 0) is 0 Å². The quantitative estimate of drug-likeness (QED) is 0.714. The fourth-order valence-electron chi connectivity index (χ4n) is 1.81. The molecule has 1 heterocycles. The highest BCUT2D eigenvalue weighted by molar-refractivity contribution is 5.83. The fraction of sp³-hybridized carbons (Fsp3) is 0.333. The van der Waals surface area contributed by atoms with Crippen molar-refractivity contribution in [3.63, 3.8) is 0 Å². The topological polar surface area (TPSA) is 56.2 Å². The molecule has 1 unspecified atom stereocenters. The molecule has 1 atom stereocenters. The molecular weight excluding hydrogens is 190 g/mol. The average molecular weight is 205 g/mol. The van der Waals surface area contributed by atoms with Crippen molar-refractivity contribution in [2.24, 2.45) is 0 Å². The van der Waals surface area contributed by atoms with Crippen molar-refractivity contribution in [2.75, 3.05) is 6.61 Å². The lowest BCUT2D eigenvalue weighted by Gasteiger charge is -2.08. The molecule has 3 N–H and O–H groups in total. The first kappa shape index (κ1) is 10.2. The second-order valence-electron chi connectivity index (χ2n) is 3.67. The third-order valence-corrected chi connectivity index (χ3v) is 2.62. The summed E-state index contributed by atoms with van der Waals surface area (Å²) in [6.07, 6.45) is 2.57. The van der Waals surface area contributed by atoms with Crippen molar-refractivity contribution in [2.45, 2.75) is 18.9 Å². The SMILES string of the molecule is OCCCC(O)c1c[nH]c2ccccc12. The molecule has 0 amide bonds. The first-order chi connectivity index (χ1) is 7.33. The van der Waals surface area contributed by atoms with Crippen LogP contribution in [0.3, 0.4) is 0 Å². The number of benzene rings is 1. The van der Waals surface area contributed by atoms with Gasteiger partial charge in [-0.15, -0.1) is 0 Å². The summed E-state index contributed by atoms with van der Waals surface area (Å²) in [6.45, 7) is 0.124. The Morgan fingerprint density at radius 3 is 2.87 bits per heavy atom. The van der Waals surface area contributed by atoms with Crippen LogP contribution < -0.4 is 0 Å². The second kappa shape index (κ2) is 4.47. The molecule has 15 heavy (non-hydrogen) atoms. The molecule has 0 aliphatic heterocycles. The van der Waals surface area contributed by atoms with Crippen molar-refractivity contribution >= 4 is 10.9 Å². The Balaban J connectivity index is 2.27. The van der Waals surface area contributed by atoms with Gasteiger partial charge >= 0.3 is 0 Å². The Kier molecular flexibility index (Phi) is 3.04. The van der Waals surface area contributed by atoms with Crippen molar-refractivity contribution in [1.29, 1.82) is 0 Å². The van der Waals surface area contributed by atoms with Crippen LogP contribution >= 0.6 is 0 Å². The van der Waals surface area contributed by atoms with Crippen LogP contribution in [0.5, 0.6) is 0 Å². The number of para-hydroxylation sites is 1. The van der Waals surface area contributed by atoms with Gasteiger partial charge in [-0.3, -0.25) is 0 Å². The van der Waals surface area contributed by atoms with Crippen molar-refractivity contribution in [3.05, 3.63) is 36.0 Å². The third-order valence-electron chi connectivity index (χ3n) is 2.62. The Hall–Kier alpha value is -1.32. The molecular formula is C12H15NO2. The summed E-state index contributed by atoms with van der Waals surface area (Å²) in [5, 5.41) is 19.7. The highest BCUT2D eigenvalue weighted by Gasteiger charge is 2.11. The molecule has 0 aliphatic carbocycles. The summed E-state index contributed by atoms with van der Waals surface area (Å²) >= 11 is 0. The molecule has 80 valence electrons. The van der Waals surface area contributed by atoms with Crippen LogP contribution in [0.1, 0.15) is 24.5 Å². The van der Waals surface area contributed by atoms with Crippen molar-refractivity contribution in [1.82, 2.24) is 4.98 Å². The molecule has 0 radical (unpaired) electrons. The first-order valence-electron chi connectivity index (χ1n) is 5.18. The Morgan fingerprint density at radius 2 is 2.07 bits per heavy atom. The molecule has 0 spiro atoms. The minimum atomic E-state index is -0.492.